The van der Waals surface area contributed by atoms with Crippen LogP contribution in [0.4, 0.5) is 0 Å². The molecule has 2 heteroatoms. The molecule has 1 aromatic rings. The molecule has 2 N–H and O–H groups in total. The van der Waals surface area contributed by atoms with Gasteiger partial charge in [-0.1, -0.05) is 24.3 Å². The summed E-state index contributed by atoms with van der Waals surface area (Å²) in [6, 6.07) is 8.03. The normalized spacial score (nSPS) is 26.9. The smallest absolute Gasteiger partial charge is 0.0634 e. The number of aliphatic hydroxyl groups is 2. The van der Waals surface area contributed by atoms with E-state index in [0.717, 1.165) is 18.4 Å². The van der Waals surface area contributed by atoms with E-state index < -0.39 is 0 Å². The van der Waals surface area contributed by atoms with Gasteiger partial charge in [-0.2, -0.15) is 0 Å². The van der Waals surface area contributed by atoms with Gasteiger partial charge in [-0.15, -0.1) is 0 Å². The lowest BCUT2D eigenvalue weighted by molar-refractivity contribution is 0.0923. The van der Waals surface area contributed by atoms with Crippen molar-refractivity contribution in [2.75, 3.05) is 6.61 Å². The number of benzene rings is 1. The first-order valence-corrected chi connectivity index (χ1v) is 4.69. The molecule has 1 aliphatic carbocycles. The van der Waals surface area contributed by atoms with Gasteiger partial charge in [0, 0.05) is 5.92 Å². The van der Waals surface area contributed by atoms with Gasteiger partial charge in [-0.05, 0) is 24.0 Å². The van der Waals surface area contributed by atoms with Crippen LogP contribution in [-0.2, 0) is 6.42 Å². The van der Waals surface area contributed by atoms with Crippen LogP contribution in [0.2, 0.25) is 0 Å². The summed E-state index contributed by atoms with van der Waals surface area (Å²) in [4.78, 5) is 0. The molecule has 2 nitrogen and oxygen atoms in total. The molecular formula is C11H14O2. The minimum absolute atomic E-state index is 0.0399. The van der Waals surface area contributed by atoms with E-state index in [-0.39, 0.29) is 18.6 Å². The number of aliphatic hydroxyl groups excluding tert-OH is 2. The highest BCUT2D eigenvalue weighted by atomic mass is 16.3. The van der Waals surface area contributed by atoms with E-state index in [4.69, 9.17) is 5.11 Å². The molecular weight excluding hydrogens is 164 g/mol. The second-order valence-electron chi connectivity index (χ2n) is 3.59. The molecule has 0 bridgehead atoms. The van der Waals surface area contributed by atoms with Crippen LogP contribution in [0.5, 0.6) is 0 Å². The number of aryl methyl sites for hydroxylation is 1. The zero-order valence-electron chi connectivity index (χ0n) is 7.48. The minimum Gasteiger partial charge on any atom is -0.396 e. The van der Waals surface area contributed by atoms with E-state index in [1.807, 2.05) is 18.2 Å². The van der Waals surface area contributed by atoms with Crippen LogP contribution in [0.3, 0.4) is 0 Å². The van der Waals surface area contributed by atoms with Crippen molar-refractivity contribution in [1.82, 2.24) is 0 Å². The average Bonchev–Trinajstić information content (AvgIpc) is 2.18. The van der Waals surface area contributed by atoms with Crippen LogP contribution in [0.1, 0.15) is 23.5 Å². The van der Waals surface area contributed by atoms with Crippen LogP contribution in [-0.4, -0.2) is 22.9 Å². The van der Waals surface area contributed by atoms with E-state index in [1.54, 1.807) is 0 Å². The Balaban J connectivity index is 2.39. The molecule has 2 unspecified atom stereocenters. The van der Waals surface area contributed by atoms with Gasteiger partial charge in [0.1, 0.15) is 0 Å². The van der Waals surface area contributed by atoms with E-state index >= 15 is 0 Å². The standard InChI is InChI=1S/C11H14O2/c12-7-10-9-4-2-1-3-8(9)5-6-11(10)13/h1-4,10-13H,5-7H2. The lowest BCUT2D eigenvalue weighted by Gasteiger charge is -2.28. The Hall–Kier alpha value is -0.860. The summed E-state index contributed by atoms with van der Waals surface area (Å²) < 4.78 is 0. The largest absolute Gasteiger partial charge is 0.396 e. The quantitative estimate of drug-likeness (QED) is 0.675. The summed E-state index contributed by atoms with van der Waals surface area (Å²) in [5.74, 6) is -0.0788. The minimum atomic E-state index is -0.375. The molecule has 0 saturated carbocycles. The first-order valence-electron chi connectivity index (χ1n) is 4.69. The van der Waals surface area contributed by atoms with Gasteiger partial charge in [-0.25, -0.2) is 0 Å². The Morgan fingerprint density at radius 3 is 2.85 bits per heavy atom. The van der Waals surface area contributed by atoms with Crippen molar-refractivity contribution < 1.29 is 10.2 Å². The molecule has 2 rings (SSSR count). The second kappa shape index (κ2) is 3.48. The fourth-order valence-corrected chi connectivity index (χ4v) is 2.06. The molecule has 0 aromatic heterocycles. The summed E-state index contributed by atoms with van der Waals surface area (Å²) in [5.41, 5.74) is 2.38. The zero-order valence-corrected chi connectivity index (χ0v) is 7.48. The van der Waals surface area contributed by atoms with Gasteiger partial charge >= 0.3 is 0 Å². The molecule has 0 fully saturated rings. The predicted octanol–water partition coefficient (Wildman–Crippen LogP) is 1.07. The van der Waals surface area contributed by atoms with Crippen LogP contribution >= 0.6 is 0 Å². The zero-order chi connectivity index (χ0) is 9.26. The lowest BCUT2D eigenvalue weighted by Crippen LogP contribution is -2.27. The maximum atomic E-state index is 9.66. The maximum Gasteiger partial charge on any atom is 0.0634 e. The van der Waals surface area contributed by atoms with Crippen LogP contribution in [0, 0.1) is 0 Å². The van der Waals surface area contributed by atoms with Gasteiger partial charge in [0.05, 0.1) is 12.7 Å². The fourth-order valence-electron chi connectivity index (χ4n) is 2.06. The van der Waals surface area contributed by atoms with Crippen molar-refractivity contribution in [2.45, 2.75) is 24.9 Å². The molecule has 70 valence electrons. The van der Waals surface area contributed by atoms with Crippen molar-refractivity contribution in [1.29, 1.82) is 0 Å². The molecule has 1 aromatic carbocycles. The van der Waals surface area contributed by atoms with E-state index in [0.29, 0.717) is 0 Å². The number of rotatable bonds is 1. The van der Waals surface area contributed by atoms with E-state index in [1.165, 1.54) is 5.56 Å². The molecule has 0 aliphatic heterocycles. The number of fused-ring (bicyclic) bond motifs is 1. The van der Waals surface area contributed by atoms with E-state index in [2.05, 4.69) is 6.07 Å². The van der Waals surface area contributed by atoms with Gasteiger partial charge in [-0.3, -0.25) is 0 Å². The monoisotopic (exact) mass is 178 g/mol. The van der Waals surface area contributed by atoms with Gasteiger partial charge in [0.15, 0.2) is 0 Å². The summed E-state index contributed by atoms with van der Waals surface area (Å²) in [6.07, 6.45) is 1.32. The summed E-state index contributed by atoms with van der Waals surface area (Å²) in [7, 11) is 0. The Morgan fingerprint density at radius 1 is 1.31 bits per heavy atom. The predicted molar refractivity (Wildman–Crippen MR) is 50.6 cm³/mol. The maximum absolute atomic E-state index is 9.66. The number of hydrogen-bond acceptors (Lipinski definition) is 2. The van der Waals surface area contributed by atoms with Crippen molar-refractivity contribution in [2.24, 2.45) is 0 Å². The molecule has 13 heavy (non-hydrogen) atoms. The third-order valence-corrected chi connectivity index (χ3v) is 2.83. The molecule has 0 heterocycles. The molecule has 0 amide bonds. The first-order chi connectivity index (χ1) is 6.33. The van der Waals surface area contributed by atoms with Crippen LogP contribution in [0.15, 0.2) is 24.3 Å². The third-order valence-electron chi connectivity index (χ3n) is 2.83. The fraction of sp³-hybridized carbons (Fsp3) is 0.455. The lowest BCUT2D eigenvalue weighted by atomic mass is 9.81. The van der Waals surface area contributed by atoms with Gasteiger partial charge in [0.2, 0.25) is 0 Å². The summed E-state index contributed by atoms with van der Waals surface area (Å²) in [6.45, 7) is 0.0399. The molecule has 0 saturated heterocycles. The van der Waals surface area contributed by atoms with Crippen molar-refractivity contribution >= 4 is 0 Å². The van der Waals surface area contributed by atoms with Gasteiger partial charge in [0.25, 0.3) is 0 Å². The van der Waals surface area contributed by atoms with E-state index in [9.17, 15) is 5.11 Å². The highest BCUT2D eigenvalue weighted by Crippen LogP contribution is 2.31. The summed E-state index contributed by atoms with van der Waals surface area (Å²) >= 11 is 0. The average molecular weight is 178 g/mol. The van der Waals surface area contributed by atoms with Crippen molar-refractivity contribution in [3.8, 4) is 0 Å². The highest BCUT2D eigenvalue weighted by Gasteiger charge is 2.26. The molecule has 0 spiro atoms. The van der Waals surface area contributed by atoms with Crippen LogP contribution < -0.4 is 0 Å². The Labute approximate surface area is 77.8 Å². The second-order valence-corrected chi connectivity index (χ2v) is 3.59. The molecule has 0 radical (unpaired) electrons. The van der Waals surface area contributed by atoms with Crippen LogP contribution in [0.25, 0.3) is 0 Å². The molecule has 1 aliphatic rings. The Kier molecular flexibility index (Phi) is 2.34. The molecule has 2 atom stereocenters. The highest BCUT2D eigenvalue weighted by molar-refractivity contribution is 5.33. The Bertz CT molecular complexity index is 296. The van der Waals surface area contributed by atoms with Gasteiger partial charge < -0.3 is 10.2 Å². The SMILES string of the molecule is OCC1c2ccccc2CCC1O. The third kappa shape index (κ3) is 1.47. The van der Waals surface area contributed by atoms with Crippen molar-refractivity contribution in [3.63, 3.8) is 0 Å². The summed E-state index contributed by atoms with van der Waals surface area (Å²) in [5, 5.41) is 18.8. The Morgan fingerprint density at radius 2 is 2.08 bits per heavy atom. The number of hydrogen-bond donors (Lipinski definition) is 2. The topological polar surface area (TPSA) is 40.5 Å². The van der Waals surface area contributed by atoms with Crippen molar-refractivity contribution in [3.05, 3.63) is 35.4 Å². The first kappa shape index (κ1) is 8.73.